The number of carboxylic acid groups (broad SMARTS) is 1. The molecule has 0 atom stereocenters. The molecule has 0 N–H and O–H groups in total. The van der Waals surface area contributed by atoms with Gasteiger partial charge in [-0.25, -0.2) is 4.90 Å². The van der Waals surface area contributed by atoms with E-state index in [1.165, 1.54) is 66.7 Å². The van der Waals surface area contributed by atoms with Crippen LogP contribution in [0.5, 0.6) is 11.5 Å². The lowest BCUT2D eigenvalue weighted by Crippen LogP contribution is -2.29. The Bertz CT molecular complexity index is 1220. The monoisotopic (exact) mass is 403 g/mol. The third kappa shape index (κ3) is 3.24. The third-order valence-corrected chi connectivity index (χ3v) is 4.48. The molecule has 4 rings (SSSR count). The second-order valence-electron chi connectivity index (χ2n) is 6.34. The molecule has 0 fully saturated rings. The summed E-state index contributed by atoms with van der Waals surface area (Å²) in [6.07, 6.45) is 0. The summed E-state index contributed by atoms with van der Waals surface area (Å²) in [5, 5.41) is 21.8. The molecular formula is C21H11N2O7-. The number of amides is 2. The van der Waals surface area contributed by atoms with Crippen molar-refractivity contribution in [2.45, 2.75) is 0 Å². The summed E-state index contributed by atoms with van der Waals surface area (Å²) in [5.74, 6) is -2.09. The van der Waals surface area contributed by atoms with Crippen molar-refractivity contribution >= 4 is 29.2 Å². The van der Waals surface area contributed by atoms with Crippen LogP contribution in [0.15, 0.2) is 66.7 Å². The van der Waals surface area contributed by atoms with Crippen LogP contribution in [0.25, 0.3) is 0 Å². The van der Waals surface area contributed by atoms with E-state index in [1.54, 1.807) is 0 Å². The lowest BCUT2D eigenvalue weighted by molar-refractivity contribution is -0.384. The van der Waals surface area contributed by atoms with E-state index in [1.807, 2.05) is 0 Å². The molecule has 1 aliphatic rings. The highest BCUT2D eigenvalue weighted by molar-refractivity contribution is 6.34. The van der Waals surface area contributed by atoms with E-state index in [0.717, 1.165) is 4.90 Å². The number of carbonyl (C=O) groups excluding carboxylic acids is 3. The summed E-state index contributed by atoms with van der Waals surface area (Å²) in [4.78, 5) is 47.6. The highest BCUT2D eigenvalue weighted by atomic mass is 16.6. The van der Waals surface area contributed by atoms with Gasteiger partial charge >= 0.3 is 0 Å². The number of imide groups is 1. The average Bonchev–Trinajstić information content (AvgIpc) is 2.98. The number of nitrogens with zero attached hydrogens (tertiary/aromatic N) is 2. The molecule has 0 bridgehead atoms. The van der Waals surface area contributed by atoms with Crippen molar-refractivity contribution < 1.29 is 29.2 Å². The maximum Gasteiger partial charge on any atom is 0.273 e. The fourth-order valence-corrected chi connectivity index (χ4v) is 3.06. The minimum atomic E-state index is -1.37. The second-order valence-corrected chi connectivity index (χ2v) is 6.34. The average molecular weight is 403 g/mol. The standard InChI is InChI=1S/C21H12N2O7/c24-19-17-9-8-16(30-15-3-1-2-14(10-15)23(28)29)11-18(17)20(25)22(19)13-6-4-12(5-7-13)21(26)27/h1-11H,(H,26,27)/p-1. The molecule has 3 aromatic rings. The van der Waals surface area contributed by atoms with Crippen LogP contribution in [-0.4, -0.2) is 22.7 Å². The van der Waals surface area contributed by atoms with Gasteiger partial charge in [-0.15, -0.1) is 0 Å². The van der Waals surface area contributed by atoms with E-state index >= 15 is 0 Å². The maximum atomic E-state index is 12.8. The molecule has 2 amide bonds. The number of carboxylic acids is 1. The molecule has 0 aliphatic carbocycles. The lowest BCUT2D eigenvalue weighted by atomic mass is 10.1. The van der Waals surface area contributed by atoms with Crippen molar-refractivity contribution in [1.82, 2.24) is 0 Å². The van der Waals surface area contributed by atoms with Crippen LogP contribution >= 0.6 is 0 Å². The first-order chi connectivity index (χ1) is 14.3. The van der Waals surface area contributed by atoms with Crippen LogP contribution in [0.1, 0.15) is 31.1 Å². The zero-order valence-electron chi connectivity index (χ0n) is 15.1. The van der Waals surface area contributed by atoms with Crippen molar-refractivity contribution in [1.29, 1.82) is 0 Å². The molecule has 0 unspecified atom stereocenters. The molecule has 0 spiro atoms. The zero-order valence-corrected chi connectivity index (χ0v) is 15.1. The normalized spacial score (nSPS) is 12.6. The summed E-state index contributed by atoms with van der Waals surface area (Å²) >= 11 is 0. The van der Waals surface area contributed by atoms with Gasteiger partial charge in [-0.2, -0.15) is 0 Å². The van der Waals surface area contributed by atoms with Gasteiger partial charge in [0.25, 0.3) is 17.5 Å². The van der Waals surface area contributed by atoms with E-state index in [4.69, 9.17) is 4.74 Å². The fourth-order valence-electron chi connectivity index (χ4n) is 3.06. The Hall–Kier alpha value is -4.53. The van der Waals surface area contributed by atoms with Crippen LogP contribution in [-0.2, 0) is 0 Å². The number of anilines is 1. The topological polar surface area (TPSA) is 130 Å². The van der Waals surface area contributed by atoms with Gasteiger partial charge < -0.3 is 14.6 Å². The first-order valence-corrected chi connectivity index (χ1v) is 8.62. The Labute approximate surface area is 168 Å². The molecule has 30 heavy (non-hydrogen) atoms. The Kier molecular flexibility index (Phi) is 4.47. The molecular weight excluding hydrogens is 392 g/mol. The Morgan fingerprint density at radius 3 is 2.20 bits per heavy atom. The molecule has 9 nitrogen and oxygen atoms in total. The number of nitro groups is 1. The Morgan fingerprint density at radius 2 is 1.53 bits per heavy atom. The third-order valence-electron chi connectivity index (χ3n) is 4.48. The number of hydrogen-bond donors (Lipinski definition) is 0. The zero-order chi connectivity index (χ0) is 21.4. The Balaban J connectivity index is 1.63. The van der Waals surface area contributed by atoms with E-state index in [-0.39, 0.29) is 39.6 Å². The van der Waals surface area contributed by atoms with Crippen molar-refractivity contribution in [2.75, 3.05) is 4.90 Å². The number of fused-ring (bicyclic) bond motifs is 1. The van der Waals surface area contributed by atoms with E-state index in [2.05, 4.69) is 0 Å². The first-order valence-electron chi connectivity index (χ1n) is 8.62. The van der Waals surface area contributed by atoms with Gasteiger partial charge in [-0.1, -0.05) is 18.2 Å². The number of hydrogen-bond acceptors (Lipinski definition) is 7. The molecule has 0 aromatic heterocycles. The molecule has 1 heterocycles. The van der Waals surface area contributed by atoms with Crippen molar-refractivity contribution in [2.24, 2.45) is 0 Å². The summed E-state index contributed by atoms with van der Waals surface area (Å²) in [6, 6.07) is 15.0. The van der Waals surface area contributed by atoms with Gasteiger partial charge in [0.2, 0.25) is 0 Å². The fraction of sp³-hybridized carbons (Fsp3) is 0. The Morgan fingerprint density at radius 1 is 0.867 bits per heavy atom. The molecule has 0 saturated heterocycles. The van der Waals surface area contributed by atoms with Crippen molar-refractivity contribution in [3.8, 4) is 11.5 Å². The smallest absolute Gasteiger partial charge is 0.273 e. The van der Waals surface area contributed by atoms with Gasteiger partial charge in [0, 0.05) is 6.07 Å². The molecule has 9 heteroatoms. The number of carbonyl (C=O) groups is 3. The highest BCUT2D eigenvalue weighted by Crippen LogP contribution is 2.33. The number of nitro benzene ring substituents is 1. The highest BCUT2D eigenvalue weighted by Gasteiger charge is 2.37. The predicted octanol–water partition coefficient (Wildman–Crippen LogP) is 2.55. The first kappa shape index (κ1) is 18.8. The SMILES string of the molecule is O=C([O-])c1ccc(N2C(=O)c3ccc(Oc4cccc([N+](=O)[O-])c4)cc3C2=O)cc1. The number of rotatable bonds is 5. The molecule has 148 valence electrons. The van der Waals surface area contributed by atoms with Crippen LogP contribution in [0.3, 0.4) is 0 Å². The van der Waals surface area contributed by atoms with Crippen LogP contribution in [0.4, 0.5) is 11.4 Å². The number of benzene rings is 3. The van der Waals surface area contributed by atoms with Gasteiger partial charge in [0.05, 0.1) is 33.8 Å². The van der Waals surface area contributed by atoms with Crippen molar-refractivity contribution in [3.05, 3.63) is 93.5 Å². The minimum Gasteiger partial charge on any atom is -0.545 e. The summed E-state index contributed by atoms with van der Waals surface area (Å²) < 4.78 is 5.60. The molecule has 1 aliphatic heterocycles. The lowest BCUT2D eigenvalue weighted by Gasteiger charge is -2.14. The van der Waals surface area contributed by atoms with E-state index in [0.29, 0.717) is 0 Å². The molecule has 0 saturated carbocycles. The van der Waals surface area contributed by atoms with Gasteiger partial charge in [-0.3, -0.25) is 19.7 Å². The van der Waals surface area contributed by atoms with Crippen LogP contribution < -0.4 is 14.7 Å². The summed E-state index contributed by atoms with van der Waals surface area (Å²) in [7, 11) is 0. The van der Waals surface area contributed by atoms with Crippen LogP contribution in [0, 0.1) is 10.1 Å². The maximum absolute atomic E-state index is 12.8. The number of ether oxygens (including phenoxy) is 1. The van der Waals surface area contributed by atoms with Gasteiger partial charge in [0.15, 0.2) is 0 Å². The molecule has 0 radical (unpaired) electrons. The predicted molar refractivity (Wildman–Crippen MR) is 102 cm³/mol. The van der Waals surface area contributed by atoms with Crippen molar-refractivity contribution in [3.63, 3.8) is 0 Å². The number of aromatic carboxylic acids is 1. The largest absolute Gasteiger partial charge is 0.545 e. The summed E-state index contributed by atoms with van der Waals surface area (Å²) in [5.41, 5.74) is 0.253. The minimum absolute atomic E-state index is 0.0806. The van der Waals surface area contributed by atoms with Crippen LogP contribution in [0.2, 0.25) is 0 Å². The number of non-ortho nitro benzene ring substituents is 1. The van der Waals surface area contributed by atoms with E-state index in [9.17, 15) is 29.6 Å². The quantitative estimate of drug-likeness (QED) is 0.363. The van der Waals surface area contributed by atoms with Gasteiger partial charge in [0.1, 0.15) is 11.5 Å². The summed E-state index contributed by atoms with van der Waals surface area (Å²) in [6.45, 7) is 0. The van der Waals surface area contributed by atoms with Gasteiger partial charge in [-0.05, 0) is 42.0 Å². The van der Waals surface area contributed by atoms with E-state index < -0.39 is 22.7 Å². The molecule has 3 aromatic carbocycles. The second kappa shape index (κ2) is 7.13.